The van der Waals surface area contributed by atoms with Crippen LogP contribution in [0.1, 0.15) is 32.6 Å². The first-order chi connectivity index (χ1) is 6.25. The minimum atomic E-state index is -0.775. The Bertz CT molecular complexity index is 226. The van der Waals surface area contributed by atoms with E-state index in [1.807, 2.05) is 8.24 Å². The monoisotopic (exact) mass is 388 g/mol. The fraction of sp³-hybridized carbons (Fsp3) is 0.667. The van der Waals surface area contributed by atoms with Crippen molar-refractivity contribution in [3.05, 3.63) is 10.5 Å². The molecular weight excluding hydrogens is 373 g/mol. The van der Waals surface area contributed by atoms with Crippen molar-refractivity contribution >= 4 is 14.2 Å². The Morgan fingerprint density at radius 2 is 2.23 bits per heavy atom. The fourth-order valence-electron chi connectivity index (χ4n) is 1.49. The summed E-state index contributed by atoms with van der Waals surface area (Å²) in [6.45, 7) is 2.22. The van der Waals surface area contributed by atoms with Crippen LogP contribution in [0.15, 0.2) is 10.5 Å². The van der Waals surface area contributed by atoms with Gasteiger partial charge in [0.1, 0.15) is 0 Å². The molecule has 1 rings (SSSR count). The van der Waals surface area contributed by atoms with Gasteiger partial charge in [-0.15, -0.1) is 0 Å². The molecule has 0 spiro atoms. The molecule has 1 N–H and O–H groups in total. The van der Waals surface area contributed by atoms with Gasteiger partial charge in [-0.2, -0.15) is 0 Å². The Kier molecular flexibility index (Phi) is 5.40. The van der Waals surface area contributed by atoms with Crippen molar-refractivity contribution in [2.75, 3.05) is 0 Å². The molecular formula is C9H14HgO2S. The van der Waals surface area contributed by atoms with E-state index >= 15 is 0 Å². The molecule has 0 amide bonds. The van der Waals surface area contributed by atoms with Crippen LogP contribution in [0.25, 0.3) is 0 Å². The van der Waals surface area contributed by atoms with E-state index in [4.69, 9.17) is 5.11 Å². The molecule has 0 radical (unpaired) electrons. The Morgan fingerprint density at radius 3 is 2.85 bits per heavy atom. The summed E-state index contributed by atoms with van der Waals surface area (Å²) < 4.78 is 1.33. The maximum atomic E-state index is 10.9. The molecule has 0 aromatic heterocycles. The summed E-state index contributed by atoms with van der Waals surface area (Å²) in [5, 5.41) is 8.96. The molecule has 0 unspecified atom stereocenters. The van der Waals surface area contributed by atoms with Crippen molar-refractivity contribution in [2.24, 2.45) is 0 Å². The standard InChI is InChI=1S/C7H10O2S.C2H5.Hg/c8-7(9)5-3-1-2-4-6(5)10;1-2;/h10H,1-4H2,(H,8,9);1H2,2H3;/q;;+1/p-1. The number of carboxylic acid groups (broad SMARTS) is 1. The maximum absolute atomic E-state index is 10.9. The molecule has 0 atom stereocenters. The second kappa shape index (κ2) is 6.07. The van der Waals surface area contributed by atoms with Crippen molar-refractivity contribution in [3.63, 3.8) is 0 Å². The molecule has 1 aliphatic carbocycles. The SMILES string of the molecule is C[CH2][Hg][S]C1=C(C(=O)O)CCCC1. The number of carbonyl (C=O) groups is 1. The average molecular weight is 387 g/mol. The van der Waals surface area contributed by atoms with Gasteiger partial charge in [-0.25, -0.2) is 0 Å². The minimum absolute atomic E-state index is 0.674. The Labute approximate surface area is 93.7 Å². The Morgan fingerprint density at radius 1 is 1.54 bits per heavy atom. The van der Waals surface area contributed by atoms with Gasteiger partial charge in [0, 0.05) is 0 Å². The number of allylic oxidation sites excluding steroid dienone is 1. The van der Waals surface area contributed by atoms with Crippen molar-refractivity contribution < 1.29 is 33.0 Å². The first-order valence-corrected chi connectivity index (χ1v) is 16.4. The van der Waals surface area contributed by atoms with E-state index in [2.05, 4.69) is 6.92 Å². The zero-order chi connectivity index (χ0) is 9.68. The van der Waals surface area contributed by atoms with Crippen molar-refractivity contribution in [1.29, 1.82) is 0 Å². The summed E-state index contributed by atoms with van der Waals surface area (Å²) in [4.78, 5) is 12.1. The molecule has 0 bridgehead atoms. The molecule has 0 saturated carbocycles. The summed E-state index contributed by atoms with van der Waals surface area (Å²) in [5.74, 6) is -0.674. The predicted octanol–water partition coefficient (Wildman–Crippen LogP) is 3.07. The van der Waals surface area contributed by atoms with Gasteiger partial charge in [-0.1, -0.05) is 0 Å². The van der Waals surface area contributed by atoms with Crippen LogP contribution < -0.4 is 0 Å². The Hall–Kier alpha value is 0.495. The van der Waals surface area contributed by atoms with E-state index in [1.54, 1.807) is 0 Å². The second-order valence-corrected chi connectivity index (χ2v) is 16.5. The van der Waals surface area contributed by atoms with Crippen LogP contribution in [0.3, 0.4) is 0 Å². The molecule has 70 valence electrons. The summed E-state index contributed by atoms with van der Waals surface area (Å²) in [7, 11) is 1.95. The van der Waals surface area contributed by atoms with Gasteiger partial charge in [0.05, 0.1) is 0 Å². The molecule has 2 nitrogen and oxygen atoms in total. The van der Waals surface area contributed by atoms with Crippen LogP contribution in [0.4, 0.5) is 0 Å². The van der Waals surface area contributed by atoms with Crippen LogP contribution in [-0.4, -0.2) is 11.1 Å². The zero-order valence-electron chi connectivity index (χ0n) is 8.01. The van der Waals surface area contributed by atoms with Crippen LogP contribution in [0.5, 0.6) is 0 Å². The van der Waals surface area contributed by atoms with Gasteiger partial charge in [-0.3, -0.25) is 0 Å². The summed E-state index contributed by atoms with van der Waals surface area (Å²) >= 11 is -0.775. The zero-order valence-corrected chi connectivity index (χ0v) is 14.3. The molecule has 0 aromatic carbocycles. The topological polar surface area (TPSA) is 37.3 Å². The van der Waals surface area contributed by atoms with Gasteiger partial charge in [-0.05, 0) is 0 Å². The van der Waals surface area contributed by atoms with Crippen LogP contribution in [0.2, 0.25) is 3.93 Å². The summed E-state index contributed by atoms with van der Waals surface area (Å²) in [5.41, 5.74) is 0.727. The fourth-order valence-corrected chi connectivity index (χ4v) is 11.6. The van der Waals surface area contributed by atoms with E-state index in [9.17, 15) is 4.79 Å². The summed E-state index contributed by atoms with van der Waals surface area (Å²) in [6, 6.07) is 0. The van der Waals surface area contributed by atoms with Crippen molar-refractivity contribution in [1.82, 2.24) is 0 Å². The van der Waals surface area contributed by atoms with Crippen LogP contribution >= 0.6 is 8.24 Å². The summed E-state index contributed by atoms with van der Waals surface area (Å²) in [6.07, 6.45) is 4.09. The third-order valence-corrected chi connectivity index (χ3v) is 14.8. The van der Waals surface area contributed by atoms with E-state index in [0.29, 0.717) is 0 Å². The molecule has 0 heterocycles. The van der Waals surface area contributed by atoms with E-state index in [-0.39, 0.29) is 0 Å². The van der Waals surface area contributed by atoms with E-state index in [0.717, 1.165) is 24.8 Å². The molecule has 0 saturated heterocycles. The average Bonchev–Trinajstić information content (AvgIpc) is 2.15. The van der Waals surface area contributed by atoms with Crippen molar-refractivity contribution in [3.8, 4) is 0 Å². The normalized spacial score (nSPS) is 17.0. The number of hydrogen-bond donors (Lipinski definition) is 1. The molecule has 4 heteroatoms. The first-order valence-electron chi connectivity index (χ1n) is 4.83. The molecule has 0 aliphatic heterocycles. The van der Waals surface area contributed by atoms with Crippen LogP contribution in [-0.2, 0) is 27.9 Å². The predicted molar refractivity (Wildman–Crippen MR) is 51.2 cm³/mol. The molecule has 1 aliphatic rings. The number of aliphatic carboxylic acids is 1. The number of hydrogen-bond acceptors (Lipinski definition) is 2. The number of rotatable bonds is 4. The van der Waals surface area contributed by atoms with Crippen LogP contribution in [0, 0.1) is 0 Å². The van der Waals surface area contributed by atoms with Gasteiger partial charge in [0.15, 0.2) is 0 Å². The third-order valence-electron chi connectivity index (χ3n) is 2.16. The second-order valence-electron chi connectivity index (χ2n) is 3.26. The molecule has 13 heavy (non-hydrogen) atoms. The molecule has 0 aromatic rings. The van der Waals surface area contributed by atoms with Gasteiger partial charge in [0.2, 0.25) is 0 Å². The Balaban J connectivity index is 2.65. The van der Waals surface area contributed by atoms with E-state index in [1.165, 1.54) is 15.3 Å². The quantitative estimate of drug-likeness (QED) is 0.754. The number of carboxylic acids is 1. The van der Waals surface area contributed by atoms with Gasteiger partial charge in [0.25, 0.3) is 0 Å². The van der Waals surface area contributed by atoms with Crippen molar-refractivity contribution in [2.45, 2.75) is 36.5 Å². The molecule has 0 fully saturated rings. The van der Waals surface area contributed by atoms with Gasteiger partial charge < -0.3 is 0 Å². The van der Waals surface area contributed by atoms with Gasteiger partial charge >= 0.3 is 94.2 Å². The third kappa shape index (κ3) is 3.62. The first kappa shape index (κ1) is 11.6. The van der Waals surface area contributed by atoms with E-state index < -0.39 is 29.0 Å².